The van der Waals surface area contributed by atoms with E-state index in [1.807, 2.05) is 26.0 Å². The molecule has 4 rings (SSSR count). The third-order valence-corrected chi connectivity index (χ3v) is 6.09. The average molecular weight is 415 g/mol. The molecule has 4 heteroatoms. The lowest BCUT2D eigenvalue weighted by Gasteiger charge is -2.07. The van der Waals surface area contributed by atoms with Crippen LogP contribution in [-0.2, 0) is 11.3 Å². The van der Waals surface area contributed by atoms with Gasteiger partial charge in [0.15, 0.2) is 0 Å². The highest BCUT2D eigenvalue weighted by Crippen LogP contribution is 2.30. The summed E-state index contributed by atoms with van der Waals surface area (Å²) in [5, 5.41) is 4.22. The summed E-state index contributed by atoms with van der Waals surface area (Å²) in [7, 11) is 0. The highest BCUT2D eigenvalue weighted by Gasteiger charge is 2.12. The van der Waals surface area contributed by atoms with Gasteiger partial charge >= 0.3 is 0 Å². The Morgan fingerprint density at radius 3 is 2.43 bits per heavy atom. The average Bonchev–Trinajstić information content (AvgIpc) is 3.03. The topological polar surface area (TPSA) is 34.0 Å². The molecule has 0 radical (unpaired) electrons. The largest absolute Gasteiger partial charge is 0.342 e. The molecule has 30 heavy (non-hydrogen) atoms. The fourth-order valence-electron chi connectivity index (χ4n) is 3.85. The Balaban J connectivity index is 1.50. The van der Waals surface area contributed by atoms with Crippen LogP contribution in [0.2, 0.25) is 0 Å². The molecule has 0 unspecified atom stereocenters. The molecule has 1 heterocycles. The summed E-state index contributed by atoms with van der Waals surface area (Å²) in [6, 6.07) is 23.1. The molecule has 1 N–H and O–H groups in total. The Hall–Kier alpha value is -2.98. The predicted octanol–water partition coefficient (Wildman–Crippen LogP) is 6.35. The smallest absolute Gasteiger partial charge is 0.234 e. The molecule has 0 spiro atoms. The van der Waals surface area contributed by atoms with Crippen molar-refractivity contribution in [2.75, 3.05) is 11.1 Å². The van der Waals surface area contributed by atoms with Gasteiger partial charge in [-0.1, -0.05) is 54.1 Å². The van der Waals surface area contributed by atoms with Crippen molar-refractivity contribution in [1.29, 1.82) is 0 Å². The molecule has 0 bridgehead atoms. The summed E-state index contributed by atoms with van der Waals surface area (Å²) in [4.78, 5) is 13.7. The van der Waals surface area contributed by atoms with E-state index in [4.69, 9.17) is 0 Å². The van der Waals surface area contributed by atoms with Gasteiger partial charge in [0.05, 0.1) is 5.75 Å². The lowest BCUT2D eigenvalue weighted by molar-refractivity contribution is -0.113. The minimum Gasteiger partial charge on any atom is -0.342 e. The first-order valence-corrected chi connectivity index (χ1v) is 11.1. The number of carbonyl (C=O) groups is 1. The zero-order valence-corrected chi connectivity index (χ0v) is 18.4. The molecule has 3 aromatic carbocycles. The quantitative estimate of drug-likeness (QED) is 0.373. The first kappa shape index (κ1) is 20.3. The van der Waals surface area contributed by atoms with Gasteiger partial charge in [0, 0.05) is 34.2 Å². The van der Waals surface area contributed by atoms with Crippen LogP contribution < -0.4 is 5.32 Å². The predicted molar refractivity (Wildman–Crippen MR) is 127 cm³/mol. The Kier molecular flexibility index (Phi) is 5.96. The summed E-state index contributed by atoms with van der Waals surface area (Å²) < 4.78 is 2.27. The summed E-state index contributed by atoms with van der Waals surface area (Å²) in [6.45, 7) is 7.02. The number of hydrogen-bond donors (Lipinski definition) is 1. The van der Waals surface area contributed by atoms with Crippen molar-refractivity contribution >= 4 is 34.3 Å². The van der Waals surface area contributed by atoms with Gasteiger partial charge in [-0.25, -0.2) is 0 Å². The van der Waals surface area contributed by atoms with Gasteiger partial charge in [0.2, 0.25) is 5.91 Å². The van der Waals surface area contributed by atoms with Crippen molar-refractivity contribution in [2.24, 2.45) is 0 Å². The van der Waals surface area contributed by atoms with Crippen molar-refractivity contribution in [1.82, 2.24) is 4.57 Å². The van der Waals surface area contributed by atoms with E-state index in [0.717, 1.165) is 28.3 Å². The molecule has 152 valence electrons. The fraction of sp³-hybridized carbons (Fsp3) is 0.192. The van der Waals surface area contributed by atoms with Crippen molar-refractivity contribution in [3.8, 4) is 0 Å². The Morgan fingerprint density at radius 2 is 1.67 bits per heavy atom. The maximum Gasteiger partial charge on any atom is 0.234 e. The van der Waals surface area contributed by atoms with Crippen LogP contribution in [0.5, 0.6) is 0 Å². The second-order valence-corrected chi connectivity index (χ2v) is 8.86. The molecule has 0 fully saturated rings. The normalized spacial score (nSPS) is 11.0. The van der Waals surface area contributed by atoms with Gasteiger partial charge in [-0.15, -0.1) is 11.8 Å². The Labute approximate surface area is 182 Å². The maximum absolute atomic E-state index is 12.5. The third-order valence-electron chi connectivity index (χ3n) is 5.05. The monoisotopic (exact) mass is 414 g/mol. The molecule has 0 atom stereocenters. The fourth-order valence-corrected chi connectivity index (χ4v) is 4.74. The maximum atomic E-state index is 12.5. The third kappa shape index (κ3) is 4.77. The van der Waals surface area contributed by atoms with E-state index in [-0.39, 0.29) is 5.91 Å². The number of para-hydroxylation sites is 1. The van der Waals surface area contributed by atoms with Gasteiger partial charge in [-0.05, 0) is 55.7 Å². The number of nitrogens with one attached hydrogen (secondary N) is 1. The molecule has 0 aliphatic heterocycles. The Morgan fingerprint density at radius 1 is 0.900 bits per heavy atom. The first-order chi connectivity index (χ1) is 14.5. The molecule has 3 nitrogen and oxygen atoms in total. The van der Waals surface area contributed by atoms with Crippen LogP contribution in [0.15, 0.2) is 77.8 Å². The molecule has 0 aliphatic carbocycles. The van der Waals surface area contributed by atoms with Crippen molar-refractivity contribution < 1.29 is 4.79 Å². The van der Waals surface area contributed by atoms with E-state index in [1.54, 1.807) is 11.8 Å². The highest BCUT2D eigenvalue weighted by atomic mass is 32.2. The van der Waals surface area contributed by atoms with Crippen LogP contribution in [0.4, 0.5) is 5.69 Å². The van der Waals surface area contributed by atoms with Crippen molar-refractivity contribution in [3.63, 3.8) is 0 Å². The van der Waals surface area contributed by atoms with Gasteiger partial charge in [0.25, 0.3) is 0 Å². The summed E-state index contributed by atoms with van der Waals surface area (Å²) in [6.07, 6.45) is 2.17. The van der Waals surface area contributed by atoms with E-state index in [2.05, 4.69) is 77.6 Å². The number of fused-ring (bicyclic) bond motifs is 1. The molecular formula is C26H26N2OS. The number of nitrogens with zero attached hydrogens (tertiary/aromatic N) is 1. The molecule has 0 saturated heterocycles. The number of carbonyl (C=O) groups excluding carboxylic acids is 1. The number of rotatable bonds is 6. The highest BCUT2D eigenvalue weighted by molar-refractivity contribution is 8.00. The zero-order valence-electron chi connectivity index (χ0n) is 17.6. The number of thioether (sulfide) groups is 1. The SMILES string of the molecule is Cc1cccc(Cn2cc(SCC(=O)Nc3cc(C)cc(C)c3)c3ccccc32)c1. The summed E-state index contributed by atoms with van der Waals surface area (Å²) >= 11 is 1.59. The van der Waals surface area contributed by atoms with E-state index in [9.17, 15) is 4.79 Å². The molecule has 1 aromatic heterocycles. The first-order valence-electron chi connectivity index (χ1n) is 10.1. The number of aryl methyl sites for hydroxylation is 3. The van der Waals surface area contributed by atoms with Gasteiger partial charge in [-0.2, -0.15) is 0 Å². The number of amides is 1. The van der Waals surface area contributed by atoms with Crippen LogP contribution in [0.1, 0.15) is 22.3 Å². The minimum absolute atomic E-state index is 0.0144. The lowest BCUT2D eigenvalue weighted by Crippen LogP contribution is -2.14. The minimum atomic E-state index is 0.0144. The van der Waals surface area contributed by atoms with Crippen LogP contribution in [0.25, 0.3) is 10.9 Å². The summed E-state index contributed by atoms with van der Waals surface area (Å²) in [5.74, 6) is 0.395. The summed E-state index contributed by atoms with van der Waals surface area (Å²) in [5.41, 5.74) is 6.90. The molecule has 4 aromatic rings. The lowest BCUT2D eigenvalue weighted by atomic mass is 10.1. The number of anilines is 1. The number of benzene rings is 3. The molecule has 0 aliphatic rings. The molecule has 0 saturated carbocycles. The Bertz CT molecular complexity index is 1190. The van der Waals surface area contributed by atoms with E-state index in [0.29, 0.717) is 5.75 Å². The van der Waals surface area contributed by atoms with Crippen LogP contribution in [0, 0.1) is 20.8 Å². The second-order valence-electron chi connectivity index (χ2n) is 7.84. The zero-order chi connectivity index (χ0) is 21.1. The van der Waals surface area contributed by atoms with Gasteiger partial charge in [0.1, 0.15) is 0 Å². The number of hydrogen-bond acceptors (Lipinski definition) is 2. The van der Waals surface area contributed by atoms with Crippen LogP contribution in [0.3, 0.4) is 0 Å². The van der Waals surface area contributed by atoms with Crippen molar-refractivity contribution in [3.05, 3.63) is 95.2 Å². The number of aromatic nitrogens is 1. The molecule has 1 amide bonds. The van der Waals surface area contributed by atoms with Crippen LogP contribution >= 0.6 is 11.8 Å². The van der Waals surface area contributed by atoms with Gasteiger partial charge in [-0.3, -0.25) is 4.79 Å². The molecular weight excluding hydrogens is 388 g/mol. The van der Waals surface area contributed by atoms with E-state index in [1.165, 1.54) is 22.0 Å². The van der Waals surface area contributed by atoms with Crippen molar-refractivity contribution in [2.45, 2.75) is 32.2 Å². The standard InChI is InChI=1S/C26H26N2OS/c1-18-7-6-8-21(12-18)15-28-16-25(23-9-4-5-10-24(23)28)30-17-26(29)27-22-13-19(2)11-20(3)14-22/h4-14,16H,15,17H2,1-3H3,(H,27,29). The van der Waals surface area contributed by atoms with Crippen LogP contribution in [-0.4, -0.2) is 16.2 Å². The second kappa shape index (κ2) is 8.80. The van der Waals surface area contributed by atoms with E-state index < -0.39 is 0 Å². The van der Waals surface area contributed by atoms with E-state index >= 15 is 0 Å². The van der Waals surface area contributed by atoms with Gasteiger partial charge < -0.3 is 9.88 Å².